The van der Waals surface area contributed by atoms with Crippen molar-refractivity contribution >= 4 is 35.8 Å². The molecule has 7 heteroatoms. The summed E-state index contributed by atoms with van der Waals surface area (Å²) in [5.41, 5.74) is 5.42. The van der Waals surface area contributed by atoms with Crippen LogP contribution in [0.3, 0.4) is 0 Å². The summed E-state index contributed by atoms with van der Waals surface area (Å²) in [5, 5.41) is 6.73. The van der Waals surface area contributed by atoms with Gasteiger partial charge in [0.1, 0.15) is 0 Å². The molecule has 1 fully saturated rings. The largest absolute Gasteiger partial charge is 0.369 e. The van der Waals surface area contributed by atoms with Crippen molar-refractivity contribution in [2.24, 2.45) is 22.6 Å². The first kappa shape index (κ1) is 24.4. The second kappa shape index (κ2) is 14.6. The number of primary amides is 1. The highest BCUT2D eigenvalue weighted by Gasteiger charge is 2.23. The van der Waals surface area contributed by atoms with E-state index in [1.165, 1.54) is 19.3 Å². The summed E-state index contributed by atoms with van der Waals surface area (Å²) in [6.45, 7) is 9.29. The minimum Gasteiger partial charge on any atom is -0.369 e. The summed E-state index contributed by atoms with van der Waals surface area (Å²) < 4.78 is 0. The Labute approximate surface area is 170 Å². The van der Waals surface area contributed by atoms with Crippen LogP contribution in [0, 0.1) is 11.8 Å². The van der Waals surface area contributed by atoms with Crippen molar-refractivity contribution in [2.45, 2.75) is 52.4 Å². The van der Waals surface area contributed by atoms with Crippen LogP contribution in [0.1, 0.15) is 52.4 Å². The molecule has 0 aromatic heterocycles. The fraction of sp³-hybridized carbons (Fsp3) is 0.889. The summed E-state index contributed by atoms with van der Waals surface area (Å²) >= 11 is 0. The molecular formula is C18H38IN5O. The fourth-order valence-electron chi connectivity index (χ4n) is 3.11. The highest BCUT2D eigenvalue weighted by atomic mass is 127. The lowest BCUT2D eigenvalue weighted by atomic mass is 9.97. The molecule has 148 valence electrons. The van der Waals surface area contributed by atoms with Crippen molar-refractivity contribution in [1.82, 2.24) is 15.5 Å². The number of hydrogen-bond donors (Lipinski definition) is 3. The van der Waals surface area contributed by atoms with Gasteiger partial charge in [0.05, 0.1) is 5.92 Å². The predicted octanol–water partition coefficient (Wildman–Crippen LogP) is 2.18. The van der Waals surface area contributed by atoms with Gasteiger partial charge in [-0.3, -0.25) is 9.79 Å². The van der Waals surface area contributed by atoms with Gasteiger partial charge in [0.25, 0.3) is 0 Å². The summed E-state index contributed by atoms with van der Waals surface area (Å²) in [5.74, 6) is 1.55. The van der Waals surface area contributed by atoms with Crippen LogP contribution in [0.25, 0.3) is 0 Å². The van der Waals surface area contributed by atoms with Crippen molar-refractivity contribution in [2.75, 3.05) is 39.8 Å². The molecule has 0 bridgehead atoms. The Morgan fingerprint density at radius 1 is 1.24 bits per heavy atom. The van der Waals surface area contributed by atoms with E-state index in [1.807, 2.05) is 7.05 Å². The third-order valence-corrected chi connectivity index (χ3v) is 4.58. The Balaban J connectivity index is 0.00000576. The van der Waals surface area contributed by atoms with Gasteiger partial charge >= 0.3 is 0 Å². The minimum absolute atomic E-state index is 0. The van der Waals surface area contributed by atoms with Crippen LogP contribution in [-0.2, 0) is 4.79 Å². The van der Waals surface area contributed by atoms with E-state index in [0.29, 0.717) is 0 Å². The Bertz CT molecular complexity index is 390. The Hall–Kier alpha value is -0.570. The molecule has 1 aliphatic heterocycles. The molecule has 0 aliphatic carbocycles. The summed E-state index contributed by atoms with van der Waals surface area (Å²) in [4.78, 5) is 17.9. The van der Waals surface area contributed by atoms with Gasteiger partial charge in [-0.05, 0) is 44.7 Å². The molecule has 1 heterocycles. The lowest BCUT2D eigenvalue weighted by Crippen LogP contribution is -2.43. The standard InChI is InChI=1S/C18H37N5O.HI/c1-15(2)8-4-5-10-21-18(20-3)22-11-7-13-23-12-6-9-16(14-23)17(19)24;/h15-16H,4-14H2,1-3H3,(H2,19,24)(H2,20,21,22);1H. The average Bonchev–Trinajstić information content (AvgIpc) is 2.56. The zero-order valence-electron chi connectivity index (χ0n) is 16.2. The monoisotopic (exact) mass is 467 g/mol. The van der Waals surface area contributed by atoms with Gasteiger partial charge in [-0.25, -0.2) is 0 Å². The Kier molecular flexibility index (Phi) is 14.3. The molecule has 6 nitrogen and oxygen atoms in total. The molecule has 0 radical (unpaired) electrons. The van der Waals surface area contributed by atoms with E-state index < -0.39 is 0 Å². The van der Waals surface area contributed by atoms with E-state index in [4.69, 9.17) is 5.73 Å². The summed E-state index contributed by atoms with van der Waals surface area (Å²) in [7, 11) is 1.81. The minimum atomic E-state index is -0.153. The van der Waals surface area contributed by atoms with Crippen LogP contribution in [0.4, 0.5) is 0 Å². The molecule has 4 N–H and O–H groups in total. The second-order valence-corrected chi connectivity index (χ2v) is 7.21. The van der Waals surface area contributed by atoms with Gasteiger partial charge in [-0.15, -0.1) is 24.0 Å². The second-order valence-electron chi connectivity index (χ2n) is 7.21. The normalized spacial score (nSPS) is 18.7. The molecule has 1 amide bonds. The van der Waals surface area contributed by atoms with Gasteiger partial charge in [-0.2, -0.15) is 0 Å². The number of hydrogen-bond acceptors (Lipinski definition) is 3. The molecule has 1 saturated heterocycles. The maximum Gasteiger partial charge on any atom is 0.221 e. The first-order chi connectivity index (χ1) is 11.5. The number of halogens is 1. The summed E-state index contributed by atoms with van der Waals surface area (Å²) in [6, 6.07) is 0. The smallest absolute Gasteiger partial charge is 0.221 e. The van der Waals surface area contributed by atoms with Gasteiger partial charge in [0.15, 0.2) is 5.96 Å². The maximum atomic E-state index is 11.3. The number of unbranched alkanes of at least 4 members (excludes halogenated alkanes) is 1. The number of carbonyl (C=O) groups excluding carboxylic acids is 1. The first-order valence-corrected chi connectivity index (χ1v) is 9.49. The van der Waals surface area contributed by atoms with E-state index in [-0.39, 0.29) is 35.8 Å². The van der Waals surface area contributed by atoms with Crippen LogP contribution in [0.5, 0.6) is 0 Å². The van der Waals surface area contributed by atoms with Crippen molar-refractivity contribution in [3.05, 3.63) is 0 Å². The Morgan fingerprint density at radius 2 is 1.92 bits per heavy atom. The predicted molar refractivity (Wildman–Crippen MR) is 116 cm³/mol. The third kappa shape index (κ3) is 11.6. The van der Waals surface area contributed by atoms with E-state index in [2.05, 4.69) is 34.4 Å². The van der Waals surface area contributed by atoms with Crippen LogP contribution in [-0.4, -0.2) is 56.5 Å². The topological polar surface area (TPSA) is 82.8 Å². The SMILES string of the molecule is CN=C(NCCCCC(C)C)NCCCN1CCCC(C(N)=O)C1.I. The fourth-order valence-corrected chi connectivity index (χ4v) is 3.11. The number of nitrogens with one attached hydrogen (secondary N) is 2. The van der Waals surface area contributed by atoms with Gasteiger partial charge in [0, 0.05) is 26.7 Å². The van der Waals surface area contributed by atoms with Crippen LogP contribution >= 0.6 is 24.0 Å². The summed E-state index contributed by atoms with van der Waals surface area (Å²) in [6.07, 6.45) is 6.78. The average molecular weight is 467 g/mol. The molecule has 1 aliphatic rings. The molecule has 0 spiro atoms. The van der Waals surface area contributed by atoms with Gasteiger partial charge in [0.2, 0.25) is 5.91 Å². The number of likely N-dealkylation sites (tertiary alicyclic amines) is 1. The lowest BCUT2D eigenvalue weighted by molar-refractivity contribution is -0.123. The maximum absolute atomic E-state index is 11.3. The van der Waals surface area contributed by atoms with E-state index >= 15 is 0 Å². The number of guanidine groups is 1. The molecule has 0 aromatic rings. The first-order valence-electron chi connectivity index (χ1n) is 9.49. The number of aliphatic imine (C=N–C) groups is 1. The zero-order chi connectivity index (χ0) is 17.8. The lowest BCUT2D eigenvalue weighted by Gasteiger charge is -2.31. The van der Waals surface area contributed by atoms with Crippen LogP contribution < -0.4 is 16.4 Å². The van der Waals surface area contributed by atoms with Gasteiger partial charge < -0.3 is 21.3 Å². The van der Waals surface area contributed by atoms with E-state index in [9.17, 15) is 4.79 Å². The quantitative estimate of drug-likeness (QED) is 0.199. The number of piperidine rings is 1. The zero-order valence-corrected chi connectivity index (χ0v) is 18.6. The molecule has 1 rings (SSSR count). The van der Waals surface area contributed by atoms with E-state index in [1.54, 1.807) is 0 Å². The van der Waals surface area contributed by atoms with Crippen molar-refractivity contribution in [3.63, 3.8) is 0 Å². The Morgan fingerprint density at radius 3 is 2.52 bits per heavy atom. The molecular weight excluding hydrogens is 429 g/mol. The highest BCUT2D eigenvalue weighted by Crippen LogP contribution is 2.15. The molecule has 1 unspecified atom stereocenters. The van der Waals surface area contributed by atoms with Crippen molar-refractivity contribution in [3.8, 4) is 0 Å². The molecule has 0 saturated carbocycles. The van der Waals surface area contributed by atoms with Crippen molar-refractivity contribution < 1.29 is 4.79 Å². The molecule has 1 atom stereocenters. The van der Waals surface area contributed by atoms with Gasteiger partial charge in [-0.1, -0.05) is 26.7 Å². The molecule has 0 aromatic carbocycles. The highest BCUT2D eigenvalue weighted by molar-refractivity contribution is 14.0. The van der Waals surface area contributed by atoms with Crippen LogP contribution in [0.15, 0.2) is 4.99 Å². The van der Waals surface area contributed by atoms with Crippen molar-refractivity contribution in [1.29, 1.82) is 0 Å². The number of amides is 1. The van der Waals surface area contributed by atoms with Crippen LogP contribution in [0.2, 0.25) is 0 Å². The van der Waals surface area contributed by atoms with E-state index in [0.717, 1.165) is 63.9 Å². The number of nitrogens with two attached hydrogens (primary N) is 1. The third-order valence-electron chi connectivity index (χ3n) is 4.58. The number of rotatable bonds is 10. The molecule has 25 heavy (non-hydrogen) atoms. The number of nitrogens with zero attached hydrogens (tertiary/aromatic N) is 2. The number of carbonyl (C=O) groups is 1.